The highest BCUT2D eigenvalue weighted by atomic mass is 79.9. The second-order valence-electron chi connectivity index (χ2n) is 3.51. The van der Waals surface area contributed by atoms with Gasteiger partial charge in [0.25, 0.3) is 5.69 Å². The van der Waals surface area contributed by atoms with Gasteiger partial charge in [0.1, 0.15) is 5.01 Å². The number of nitro benzene ring substituents is 1. The molecule has 0 aliphatic heterocycles. The van der Waals surface area contributed by atoms with Crippen molar-refractivity contribution in [3.63, 3.8) is 0 Å². The topological polar surface area (TPSA) is 81.0 Å². The van der Waals surface area contributed by atoms with Crippen LogP contribution in [0.25, 0.3) is 0 Å². The smallest absolute Gasteiger partial charge is 0.274 e. The number of aryl methyl sites for hydroxylation is 1. The van der Waals surface area contributed by atoms with Gasteiger partial charge in [0.05, 0.1) is 10.5 Å². The summed E-state index contributed by atoms with van der Waals surface area (Å²) in [7, 11) is 0. The van der Waals surface area contributed by atoms with E-state index in [9.17, 15) is 10.1 Å². The van der Waals surface area contributed by atoms with E-state index in [-0.39, 0.29) is 5.69 Å². The third kappa shape index (κ3) is 3.02. The van der Waals surface area contributed by atoms with E-state index < -0.39 is 4.92 Å². The van der Waals surface area contributed by atoms with Crippen LogP contribution in [0.15, 0.2) is 22.7 Å². The molecule has 0 unspecified atom stereocenters. The van der Waals surface area contributed by atoms with Gasteiger partial charge >= 0.3 is 0 Å². The summed E-state index contributed by atoms with van der Waals surface area (Å²) in [4.78, 5) is 10.5. The number of hydrogen-bond acceptors (Lipinski definition) is 6. The number of nitrogens with one attached hydrogen (secondary N) is 1. The van der Waals surface area contributed by atoms with E-state index in [0.29, 0.717) is 17.2 Å². The zero-order chi connectivity index (χ0) is 13.1. The molecule has 0 spiro atoms. The summed E-state index contributed by atoms with van der Waals surface area (Å²) < 4.78 is 0.804. The first-order valence-electron chi connectivity index (χ1n) is 5.03. The van der Waals surface area contributed by atoms with Crippen molar-refractivity contribution < 1.29 is 4.92 Å². The number of anilines is 1. The Labute approximate surface area is 115 Å². The van der Waals surface area contributed by atoms with Crippen molar-refractivity contribution in [3.8, 4) is 0 Å². The highest BCUT2D eigenvalue weighted by Crippen LogP contribution is 2.24. The van der Waals surface area contributed by atoms with Crippen molar-refractivity contribution in [2.75, 3.05) is 5.32 Å². The van der Waals surface area contributed by atoms with Gasteiger partial charge in [0.15, 0.2) is 0 Å². The zero-order valence-corrected chi connectivity index (χ0v) is 11.8. The van der Waals surface area contributed by atoms with Crippen molar-refractivity contribution in [1.29, 1.82) is 0 Å². The van der Waals surface area contributed by atoms with E-state index >= 15 is 0 Å². The summed E-state index contributed by atoms with van der Waals surface area (Å²) in [5.74, 6) is 0. The zero-order valence-electron chi connectivity index (χ0n) is 9.38. The van der Waals surface area contributed by atoms with Gasteiger partial charge in [-0.3, -0.25) is 10.1 Å². The van der Waals surface area contributed by atoms with Gasteiger partial charge in [-0.1, -0.05) is 27.3 Å². The maximum Gasteiger partial charge on any atom is 0.274 e. The van der Waals surface area contributed by atoms with E-state index in [4.69, 9.17) is 0 Å². The predicted octanol–water partition coefficient (Wildman–Crippen LogP) is 3.13. The second-order valence-corrected chi connectivity index (χ2v) is 5.61. The van der Waals surface area contributed by atoms with Gasteiger partial charge in [0, 0.05) is 17.1 Å². The number of rotatable bonds is 4. The van der Waals surface area contributed by atoms with Crippen molar-refractivity contribution >= 4 is 38.1 Å². The molecule has 94 valence electrons. The molecule has 0 saturated carbocycles. The highest BCUT2D eigenvalue weighted by Gasteiger charge is 2.13. The summed E-state index contributed by atoms with van der Waals surface area (Å²) in [5.41, 5.74) is 0.689. The van der Waals surface area contributed by atoms with Crippen LogP contribution in [-0.4, -0.2) is 15.1 Å². The number of halogens is 1. The third-order valence-electron chi connectivity index (χ3n) is 2.19. The van der Waals surface area contributed by atoms with Gasteiger partial charge in [-0.05, 0) is 19.1 Å². The molecular formula is C10H9BrN4O2S. The lowest BCUT2D eigenvalue weighted by Crippen LogP contribution is -2.03. The minimum atomic E-state index is -0.394. The van der Waals surface area contributed by atoms with Crippen LogP contribution < -0.4 is 5.32 Å². The fourth-order valence-electron chi connectivity index (χ4n) is 1.41. The summed E-state index contributed by atoms with van der Waals surface area (Å²) in [5, 5.41) is 23.2. The van der Waals surface area contributed by atoms with Crippen LogP contribution in [-0.2, 0) is 6.54 Å². The predicted molar refractivity (Wildman–Crippen MR) is 72.8 cm³/mol. The van der Waals surface area contributed by atoms with Crippen LogP contribution in [0.3, 0.4) is 0 Å². The summed E-state index contributed by atoms with van der Waals surface area (Å²) in [6, 6.07) is 4.85. The maximum atomic E-state index is 10.9. The molecule has 2 aromatic rings. The molecule has 0 fully saturated rings. The van der Waals surface area contributed by atoms with Crippen molar-refractivity contribution in [3.05, 3.63) is 43.4 Å². The molecule has 1 N–H and O–H groups in total. The fourth-order valence-corrected chi connectivity index (χ4v) is 2.41. The first kappa shape index (κ1) is 12.9. The summed E-state index contributed by atoms with van der Waals surface area (Å²) in [6.07, 6.45) is 0. The van der Waals surface area contributed by atoms with E-state index in [0.717, 1.165) is 9.48 Å². The van der Waals surface area contributed by atoms with Crippen LogP contribution in [0.1, 0.15) is 10.6 Å². The molecule has 18 heavy (non-hydrogen) atoms. The molecule has 1 aromatic carbocycles. The number of aromatic nitrogens is 2. The van der Waals surface area contributed by atoms with Gasteiger partial charge < -0.3 is 5.32 Å². The molecule has 6 nitrogen and oxygen atoms in total. The van der Waals surface area contributed by atoms with Crippen molar-refractivity contribution in [2.24, 2.45) is 0 Å². The van der Waals surface area contributed by atoms with Crippen LogP contribution in [0.5, 0.6) is 0 Å². The molecule has 0 amide bonds. The molecule has 0 aliphatic rings. The average Bonchev–Trinajstić information content (AvgIpc) is 2.72. The van der Waals surface area contributed by atoms with Gasteiger partial charge in [0.2, 0.25) is 5.13 Å². The van der Waals surface area contributed by atoms with Crippen LogP contribution in [0.4, 0.5) is 10.8 Å². The molecule has 0 saturated heterocycles. The largest absolute Gasteiger partial charge is 0.356 e. The molecule has 1 heterocycles. The van der Waals surface area contributed by atoms with E-state index in [1.54, 1.807) is 12.1 Å². The Balaban J connectivity index is 2.17. The standard InChI is InChI=1S/C10H9BrN4O2S/c1-6-13-14-10(18-6)12-5-7-4-8(11)2-3-9(7)15(16)17/h2-4H,5H2,1H3,(H,12,14). The normalized spacial score (nSPS) is 10.3. The second kappa shape index (κ2) is 5.40. The van der Waals surface area contributed by atoms with Crippen LogP contribution in [0.2, 0.25) is 0 Å². The molecule has 1 aromatic heterocycles. The minimum Gasteiger partial charge on any atom is -0.356 e. The number of benzene rings is 1. The Morgan fingerprint density at radius 3 is 2.89 bits per heavy atom. The molecule has 0 bridgehead atoms. The molecule has 8 heteroatoms. The highest BCUT2D eigenvalue weighted by molar-refractivity contribution is 9.10. The average molecular weight is 329 g/mol. The van der Waals surface area contributed by atoms with E-state index in [2.05, 4.69) is 31.4 Å². The van der Waals surface area contributed by atoms with Crippen LogP contribution >= 0.6 is 27.3 Å². The quantitative estimate of drug-likeness (QED) is 0.688. The Morgan fingerprint density at radius 1 is 1.50 bits per heavy atom. The van der Waals surface area contributed by atoms with Gasteiger partial charge in [-0.25, -0.2) is 0 Å². The first-order chi connectivity index (χ1) is 8.56. The molecule has 0 aliphatic carbocycles. The first-order valence-corrected chi connectivity index (χ1v) is 6.64. The Kier molecular flexibility index (Phi) is 3.87. The van der Waals surface area contributed by atoms with E-state index in [1.807, 2.05) is 6.92 Å². The number of nitrogens with zero attached hydrogens (tertiary/aromatic N) is 3. The van der Waals surface area contributed by atoms with Crippen molar-refractivity contribution in [1.82, 2.24) is 10.2 Å². The fraction of sp³-hybridized carbons (Fsp3) is 0.200. The molecule has 0 atom stereocenters. The summed E-state index contributed by atoms with van der Waals surface area (Å²) >= 11 is 4.71. The lowest BCUT2D eigenvalue weighted by atomic mass is 10.2. The lowest BCUT2D eigenvalue weighted by molar-refractivity contribution is -0.385. The SMILES string of the molecule is Cc1nnc(NCc2cc(Br)ccc2[N+](=O)[O-])s1. The number of hydrogen-bond donors (Lipinski definition) is 1. The summed E-state index contributed by atoms with van der Waals surface area (Å²) in [6.45, 7) is 2.19. The van der Waals surface area contributed by atoms with E-state index in [1.165, 1.54) is 17.4 Å². The Hall–Kier alpha value is -1.54. The molecule has 0 radical (unpaired) electrons. The van der Waals surface area contributed by atoms with Crippen molar-refractivity contribution in [2.45, 2.75) is 13.5 Å². The lowest BCUT2D eigenvalue weighted by Gasteiger charge is -2.04. The van der Waals surface area contributed by atoms with Gasteiger partial charge in [-0.2, -0.15) is 0 Å². The number of nitro groups is 1. The monoisotopic (exact) mass is 328 g/mol. The minimum absolute atomic E-state index is 0.0898. The van der Waals surface area contributed by atoms with Crippen LogP contribution in [0, 0.1) is 17.0 Å². The third-order valence-corrected chi connectivity index (χ3v) is 3.48. The molecular weight excluding hydrogens is 320 g/mol. The maximum absolute atomic E-state index is 10.9. The Bertz CT molecular complexity index is 587. The van der Waals surface area contributed by atoms with Gasteiger partial charge in [-0.15, -0.1) is 10.2 Å². The Morgan fingerprint density at radius 2 is 2.28 bits per heavy atom. The molecule has 2 rings (SSSR count).